The topological polar surface area (TPSA) is 47.9 Å². The van der Waals surface area contributed by atoms with Gasteiger partial charge in [0.05, 0.1) is 20.8 Å². The number of methoxy groups -OCH3 is 3. The summed E-state index contributed by atoms with van der Waals surface area (Å²) in [6.07, 6.45) is 0.532. The van der Waals surface area contributed by atoms with Crippen molar-refractivity contribution >= 4 is 0 Å². The molecule has 0 saturated carbocycles. The first-order valence-electron chi connectivity index (χ1n) is 5.55. The number of hydrogen-bond donors (Lipinski definition) is 1. The molecule has 1 rings (SSSR count). The predicted octanol–water partition coefficient (Wildman–Crippen LogP) is 1.95. The Morgan fingerprint density at radius 2 is 1.88 bits per heavy atom. The number of benzene rings is 1. The maximum Gasteiger partial charge on any atom is 0.125 e. The second-order valence-electron chi connectivity index (χ2n) is 3.88. The van der Waals surface area contributed by atoms with Gasteiger partial charge in [0.1, 0.15) is 17.1 Å². The van der Waals surface area contributed by atoms with Crippen LogP contribution in [0.5, 0.6) is 11.5 Å². The lowest BCUT2D eigenvalue weighted by molar-refractivity contribution is -0.0401. The van der Waals surface area contributed by atoms with Gasteiger partial charge in [0.2, 0.25) is 0 Å². The Balaban J connectivity index is 3.24. The predicted molar refractivity (Wildman–Crippen MR) is 65.6 cm³/mol. The molecule has 0 aromatic heterocycles. The van der Waals surface area contributed by atoms with E-state index in [-0.39, 0.29) is 6.61 Å². The van der Waals surface area contributed by atoms with Crippen molar-refractivity contribution in [3.63, 3.8) is 0 Å². The third kappa shape index (κ3) is 2.90. The van der Waals surface area contributed by atoms with Crippen molar-refractivity contribution in [1.29, 1.82) is 0 Å². The van der Waals surface area contributed by atoms with Gasteiger partial charge < -0.3 is 19.3 Å². The number of ether oxygens (including phenoxy) is 3. The van der Waals surface area contributed by atoms with Gasteiger partial charge in [0.25, 0.3) is 0 Å². The van der Waals surface area contributed by atoms with Crippen LogP contribution in [0.1, 0.15) is 18.9 Å². The molecule has 0 aliphatic carbocycles. The Hall–Kier alpha value is -1.26. The molecule has 0 spiro atoms. The Morgan fingerprint density at radius 3 is 2.35 bits per heavy atom. The van der Waals surface area contributed by atoms with Crippen LogP contribution in [0.25, 0.3) is 0 Å². The van der Waals surface area contributed by atoms with Crippen LogP contribution in [0.2, 0.25) is 0 Å². The van der Waals surface area contributed by atoms with Gasteiger partial charge in [-0.3, -0.25) is 0 Å². The molecule has 1 atom stereocenters. The van der Waals surface area contributed by atoms with Crippen molar-refractivity contribution in [2.75, 3.05) is 27.9 Å². The fourth-order valence-electron chi connectivity index (χ4n) is 1.79. The van der Waals surface area contributed by atoms with E-state index in [4.69, 9.17) is 14.2 Å². The normalized spacial score (nSPS) is 14.2. The van der Waals surface area contributed by atoms with Crippen molar-refractivity contribution in [2.24, 2.45) is 0 Å². The fourth-order valence-corrected chi connectivity index (χ4v) is 1.79. The summed E-state index contributed by atoms with van der Waals surface area (Å²) in [5.41, 5.74) is -0.377. The minimum atomic E-state index is -1.06. The van der Waals surface area contributed by atoms with Gasteiger partial charge in [-0.2, -0.15) is 0 Å². The third-order valence-electron chi connectivity index (χ3n) is 2.88. The second-order valence-corrected chi connectivity index (χ2v) is 3.88. The first-order valence-corrected chi connectivity index (χ1v) is 5.55. The van der Waals surface area contributed by atoms with Gasteiger partial charge in [0.15, 0.2) is 0 Å². The molecule has 17 heavy (non-hydrogen) atoms. The molecule has 0 radical (unpaired) electrons. The summed E-state index contributed by atoms with van der Waals surface area (Å²) in [5.74, 6) is 1.32. The third-order valence-corrected chi connectivity index (χ3v) is 2.88. The van der Waals surface area contributed by atoms with E-state index in [1.165, 1.54) is 0 Å². The molecule has 1 aromatic rings. The first kappa shape index (κ1) is 13.8. The molecule has 4 nitrogen and oxygen atoms in total. The van der Waals surface area contributed by atoms with E-state index in [1.54, 1.807) is 39.5 Å². The molecular formula is C13H20O4. The summed E-state index contributed by atoms with van der Waals surface area (Å²) < 4.78 is 15.5. The molecule has 0 amide bonds. The maximum absolute atomic E-state index is 10.6. The highest BCUT2D eigenvalue weighted by atomic mass is 16.5. The van der Waals surface area contributed by atoms with Gasteiger partial charge in [-0.05, 0) is 24.6 Å². The lowest BCUT2D eigenvalue weighted by atomic mass is 9.91. The van der Waals surface area contributed by atoms with Crippen LogP contribution in [0.3, 0.4) is 0 Å². The van der Waals surface area contributed by atoms with Crippen LogP contribution >= 0.6 is 0 Å². The van der Waals surface area contributed by atoms with Crippen molar-refractivity contribution in [3.05, 3.63) is 23.8 Å². The minimum absolute atomic E-state index is 0.215. The summed E-state index contributed by atoms with van der Waals surface area (Å²) >= 11 is 0. The average molecular weight is 240 g/mol. The molecule has 4 heteroatoms. The largest absolute Gasteiger partial charge is 0.497 e. The lowest BCUT2D eigenvalue weighted by Crippen LogP contribution is -2.30. The van der Waals surface area contributed by atoms with Crippen LogP contribution in [0.15, 0.2) is 18.2 Å². The van der Waals surface area contributed by atoms with Crippen LogP contribution in [-0.4, -0.2) is 33.0 Å². The molecule has 0 saturated heterocycles. The van der Waals surface area contributed by atoms with Crippen LogP contribution in [0.4, 0.5) is 0 Å². The monoisotopic (exact) mass is 240 g/mol. The van der Waals surface area contributed by atoms with E-state index in [0.29, 0.717) is 23.5 Å². The van der Waals surface area contributed by atoms with E-state index in [1.807, 2.05) is 6.92 Å². The van der Waals surface area contributed by atoms with E-state index in [2.05, 4.69) is 0 Å². The highest BCUT2D eigenvalue weighted by molar-refractivity contribution is 5.43. The second kappa shape index (κ2) is 5.89. The van der Waals surface area contributed by atoms with E-state index in [9.17, 15) is 5.11 Å². The highest BCUT2D eigenvalue weighted by Crippen LogP contribution is 2.35. The number of aliphatic hydroxyl groups is 1. The Bertz CT molecular complexity index is 364. The highest BCUT2D eigenvalue weighted by Gasteiger charge is 2.31. The SMILES string of the molecule is CCC(O)(COC)c1cc(OC)ccc1OC. The molecule has 0 fully saturated rings. The Morgan fingerprint density at radius 1 is 1.18 bits per heavy atom. The lowest BCUT2D eigenvalue weighted by Gasteiger charge is -2.28. The first-order chi connectivity index (χ1) is 8.11. The van der Waals surface area contributed by atoms with Crippen molar-refractivity contribution < 1.29 is 19.3 Å². The molecule has 0 bridgehead atoms. The zero-order valence-electron chi connectivity index (χ0n) is 10.8. The molecule has 1 unspecified atom stereocenters. The van der Waals surface area contributed by atoms with E-state index in [0.717, 1.165) is 0 Å². The molecule has 0 aliphatic heterocycles. The summed E-state index contributed by atoms with van der Waals surface area (Å²) in [5, 5.41) is 10.6. The Kier molecular flexibility index (Phi) is 4.78. The summed E-state index contributed by atoms with van der Waals surface area (Å²) in [6, 6.07) is 5.36. The summed E-state index contributed by atoms with van der Waals surface area (Å²) in [7, 11) is 4.73. The van der Waals surface area contributed by atoms with Gasteiger partial charge >= 0.3 is 0 Å². The van der Waals surface area contributed by atoms with Gasteiger partial charge in [-0.1, -0.05) is 6.92 Å². The Labute approximate surface area is 102 Å². The molecular weight excluding hydrogens is 220 g/mol. The number of rotatable bonds is 6. The smallest absolute Gasteiger partial charge is 0.125 e. The average Bonchev–Trinajstić information content (AvgIpc) is 2.38. The zero-order chi connectivity index (χ0) is 12.9. The van der Waals surface area contributed by atoms with E-state index < -0.39 is 5.60 Å². The fraction of sp³-hybridized carbons (Fsp3) is 0.538. The quantitative estimate of drug-likeness (QED) is 0.825. The van der Waals surface area contributed by atoms with Crippen LogP contribution in [-0.2, 0) is 10.3 Å². The summed E-state index contributed by atoms with van der Waals surface area (Å²) in [6.45, 7) is 2.12. The van der Waals surface area contributed by atoms with E-state index >= 15 is 0 Å². The standard InChI is InChI=1S/C13H20O4/c1-5-13(14,9-15-2)11-8-10(16-3)6-7-12(11)17-4/h6-8,14H,5,9H2,1-4H3. The van der Waals surface area contributed by atoms with Crippen LogP contribution < -0.4 is 9.47 Å². The molecule has 0 heterocycles. The molecule has 96 valence electrons. The van der Waals surface area contributed by atoms with Gasteiger partial charge in [-0.15, -0.1) is 0 Å². The maximum atomic E-state index is 10.6. The molecule has 0 aliphatic rings. The van der Waals surface area contributed by atoms with Crippen molar-refractivity contribution in [3.8, 4) is 11.5 Å². The summed E-state index contributed by atoms with van der Waals surface area (Å²) in [4.78, 5) is 0. The van der Waals surface area contributed by atoms with Crippen molar-refractivity contribution in [1.82, 2.24) is 0 Å². The van der Waals surface area contributed by atoms with Crippen molar-refractivity contribution in [2.45, 2.75) is 18.9 Å². The molecule has 1 aromatic carbocycles. The van der Waals surface area contributed by atoms with Crippen LogP contribution in [0, 0.1) is 0 Å². The van der Waals surface area contributed by atoms with Gasteiger partial charge in [0, 0.05) is 12.7 Å². The van der Waals surface area contributed by atoms with Gasteiger partial charge in [-0.25, -0.2) is 0 Å². The zero-order valence-corrected chi connectivity index (χ0v) is 10.8. The number of hydrogen-bond acceptors (Lipinski definition) is 4. The molecule has 1 N–H and O–H groups in total. The minimum Gasteiger partial charge on any atom is -0.497 e.